The summed E-state index contributed by atoms with van der Waals surface area (Å²) in [7, 11) is 0. The Balaban J connectivity index is 0.00000504. The van der Waals surface area contributed by atoms with Crippen molar-refractivity contribution in [2.75, 3.05) is 23.0 Å². The number of anilines is 2. The summed E-state index contributed by atoms with van der Waals surface area (Å²) >= 11 is 0. The van der Waals surface area contributed by atoms with Crippen molar-refractivity contribution < 1.29 is 31.3 Å². The van der Waals surface area contributed by atoms with Gasteiger partial charge in [0.1, 0.15) is 5.66 Å². The Bertz CT molecular complexity index is 2590. The van der Waals surface area contributed by atoms with Gasteiger partial charge in [-0.2, -0.15) is 13.3 Å². The fraction of sp³-hybridized carbons (Fsp3) is 0.107. The molecule has 0 bridgehead atoms. The molecular weight excluding hydrogens is 956 g/mol. The predicted octanol–water partition coefficient (Wildman–Crippen LogP) is 10.7. The van der Waals surface area contributed by atoms with Gasteiger partial charge in [-0.15, -0.1) is 0 Å². The third-order valence-corrected chi connectivity index (χ3v) is 12.9. The summed E-state index contributed by atoms with van der Waals surface area (Å²) in [6.07, 6.45) is 9.26. The number of aliphatic hydroxyl groups is 2. The van der Waals surface area contributed by atoms with Crippen LogP contribution in [0.25, 0.3) is 0 Å². The predicted molar refractivity (Wildman–Crippen MR) is 249 cm³/mol. The maximum absolute atomic E-state index is 12.1. The molecule has 7 aromatic rings. The maximum Gasteiger partial charge on any atom is 2.00 e. The number of nitrogens with zero attached hydrogens (tertiary/aromatic N) is 4. The molecule has 1 aliphatic carbocycles. The first kappa shape index (κ1) is 41.9. The summed E-state index contributed by atoms with van der Waals surface area (Å²) in [5, 5.41) is 24.1. The zero-order valence-corrected chi connectivity index (χ0v) is 37.0. The van der Waals surface area contributed by atoms with E-state index < -0.39 is 16.7 Å². The van der Waals surface area contributed by atoms with Gasteiger partial charge in [0.25, 0.3) is 0 Å². The Kier molecular flexibility index (Phi) is 11.8. The minimum absolute atomic E-state index is 0. The second-order valence-electron chi connectivity index (χ2n) is 15.9. The van der Waals surface area contributed by atoms with Gasteiger partial charge in [0, 0.05) is 29.2 Å². The van der Waals surface area contributed by atoms with Gasteiger partial charge in [-0.05, 0) is 51.6 Å². The summed E-state index contributed by atoms with van der Waals surface area (Å²) in [5.74, 6) is 0. The van der Waals surface area contributed by atoms with E-state index in [1.165, 1.54) is 0 Å². The molecule has 0 saturated carbocycles. The molecule has 0 fully saturated rings. The first-order valence-corrected chi connectivity index (χ1v) is 21.3. The van der Waals surface area contributed by atoms with Gasteiger partial charge in [0.2, 0.25) is 0 Å². The monoisotopic (exact) mass is 1000 g/mol. The van der Waals surface area contributed by atoms with Crippen molar-refractivity contribution in [3.8, 4) is 0 Å². The number of fused-ring (bicyclic) bond motifs is 1. The van der Waals surface area contributed by atoms with Crippen LogP contribution in [0.2, 0.25) is 0 Å². The maximum atomic E-state index is 12.1. The van der Waals surface area contributed by atoms with E-state index in [9.17, 15) is 10.2 Å². The molecule has 0 saturated heterocycles. The molecule has 7 heteroatoms. The normalized spacial score (nSPS) is 15.0. The van der Waals surface area contributed by atoms with E-state index in [0.717, 1.165) is 56.1 Å². The van der Waals surface area contributed by atoms with Crippen LogP contribution in [0.15, 0.2) is 242 Å². The number of hydrogen-bond acceptors (Lipinski definition) is 6. The van der Waals surface area contributed by atoms with Crippen LogP contribution in [0, 0.1) is 13.3 Å². The van der Waals surface area contributed by atoms with Crippen molar-refractivity contribution in [3.63, 3.8) is 0 Å². The van der Waals surface area contributed by atoms with Crippen molar-refractivity contribution in [2.45, 2.75) is 23.2 Å². The minimum Gasteiger partial charge on any atom is -0.491 e. The van der Waals surface area contributed by atoms with Gasteiger partial charge in [0.15, 0.2) is 0 Å². The van der Waals surface area contributed by atoms with Crippen LogP contribution < -0.4 is 9.80 Å². The van der Waals surface area contributed by atoms with Crippen LogP contribution in [0.5, 0.6) is 0 Å². The van der Waals surface area contributed by atoms with Crippen molar-refractivity contribution in [1.82, 2.24) is 9.80 Å². The van der Waals surface area contributed by atoms with E-state index in [1.54, 1.807) is 0 Å². The van der Waals surface area contributed by atoms with Crippen LogP contribution in [-0.2, 0) is 37.8 Å². The molecule has 0 spiro atoms. The van der Waals surface area contributed by atoms with Crippen molar-refractivity contribution in [2.24, 2.45) is 0 Å². The fourth-order valence-electron chi connectivity index (χ4n) is 10.00. The third-order valence-electron chi connectivity index (χ3n) is 12.9. The average Bonchev–Trinajstić information content (AvgIpc) is 3.81. The van der Waals surface area contributed by atoms with Crippen LogP contribution in [0.3, 0.4) is 0 Å². The number of aliphatic hydroxyl groups excluding tert-OH is 2. The topological polar surface area (TPSA) is 53.4 Å². The molecule has 2 aliphatic heterocycles. The summed E-state index contributed by atoms with van der Waals surface area (Å²) < 4.78 is 0. The summed E-state index contributed by atoms with van der Waals surface area (Å²) in [6.45, 7) is 4.07. The van der Waals surface area contributed by atoms with Crippen molar-refractivity contribution in [3.05, 3.63) is 289 Å². The second-order valence-corrected chi connectivity index (χ2v) is 15.9. The van der Waals surface area contributed by atoms with Gasteiger partial charge >= 0.3 is 21.1 Å². The molecule has 0 unspecified atom stereocenters. The van der Waals surface area contributed by atoms with Crippen LogP contribution in [0.1, 0.15) is 39.8 Å². The van der Waals surface area contributed by atoms with E-state index in [4.69, 9.17) is 0 Å². The van der Waals surface area contributed by atoms with Gasteiger partial charge in [-0.1, -0.05) is 212 Å². The third kappa shape index (κ3) is 6.67. The fourth-order valence-corrected chi connectivity index (χ4v) is 10.00. The molecule has 0 atom stereocenters. The molecule has 6 nitrogen and oxygen atoms in total. The van der Waals surface area contributed by atoms with Crippen molar-refractivity contribution >= 4 is 11.4 Å². The largest absolute Gasteiger partial charge is 2.00 e. The average molecular weight is 1000 g/mol. The van der Waals surface area contributed by atoms with E-state index in [0.29, 0.717) is 6.42 Å². The number of hydrogen-bond donors (Lipinski definition) is 2. The zero-order valence-electron chi connectivity index (χ0n) is 34.7. The first-order valence-electron chi connectivity index (χ1n) is 21.3. The number of benzene rings is 7. The Morgan fingerprint density at radius 2 is 0.746 bits per heavy atom. The second kappa shape index (κ2) is 17.7. The quantitative estimate of drug-likeness (QED) is 0.119. The smallest absolute Gasteiger partial charge is 0.491 e. The first-order chi connectivity index (χ1) is 30.7. The zero-order chi connectivity index (χ0) is 42.0. The van der Waals surface area contributed by atoms with E-state index in [-0.39, 0.29) is 34.3 Å². The minimum atomic E-state index is -1.08. The number of rotatable bonds is 12. The molecule has 7 aromatic carbocycles. The SMILES string of the molecule is OCC(c1ccccc1)(c1ccccc1)N1[CH-]N(C(c2ccccc2)(c2ccccc2)N2[CH-]N(C(CO)(c3ccccc3)c3ccccc3)c3ccccc32)C2=C1CC=CC=C2.[Pt+2]. The Labute approximate surface area is 385 Å². The summed E-state index contributed by atoms with van der Waals surface area (Å²) in [6, 6.07) is 71.3. The molecule has 63 heavy (non-hydrogen) atoms. The van der Waals surface area contributed by atoms with Gasteiger partial charge in [-0.3, -0.25) is 0 Å². The van der Waals surface area contributed by atoms with E-state index in [1.807, 2.05) is 48.5 Å². The van der Waals surface area contributed by atoms with Gasteiger partial charge in [-0.25, -0.2) is 0 Å². The van der Waals surface area contributed by atoms with Gasteiger partial charge < -0.3 is 29.8 Å². The number of allylic oxidation sites excluding steroid dienone is 4. The van der Waals surface area contributed by atoms with Gasteiger partial charge in [0.05, 0.1) is 24.3 Å². The molecule has 0 aromatic heterocycles. The molecule has 0 amide bonds. The molecule has 0 radical (unpaired) electrons. The molecule has 2 heterocycles. The summed E-state index contributed by atoms with van der Waals surface area (Å²) in [5.41, 5.74) is 6.82. The Hall–Kier alpha value is -6.43. The van der Waals surface area contributed by atoms with E-state index >= 15 is 0 Å². The molecular formula is C56H48N4O2Pt. The molecule has 2 N–H and O–H groups in total. The van der Waals surface area contributed by atoms with Crippen LogP contribution >= 0.6 is 0 Å². The molecule has 3 aliphatic rings. The molecule has 314 valence electrons. The Morgan fingerprint density at radius 1 is 0.397 bits per heavy atom. The standard InChI is InChI=1S/C56H48N4O2.Pt/c61-40-54(44-24-8-1-9-25-44,45-26-10-2-11-27-45)57-42-59(52-37-21-7-20-36-50(52)57)56(48-32-16-5-17-33-48,49-34-18-6-19-35-49)60-43-58(51-38-22-23-39-53(51)60)55(41-62,46-28-12-3-13-29-46)47-30-14-4-15-31-47;/h1-35,37-39,42-43,61-62H,36,40-41H2;/q-2;+2. The van der Waals surface area contributed by atoms with Crippen molar-refractivity contribution in [1.29, 1.82) is 0 Å². The van der Waals surface area contributed by atoms with E-state index in [2.05, 4.69) is 215 Å². The van der Waals surface area contributed by atoms with Crippen LogP contribution in [-0.4, -0.2) is 33.2 Å². The Morgan fingerprint density at radius 3 is 1.16 bits per heavy atom. The van der Waals surface area contributed by atoms with Crippen LogP contribution in [0.4, 0.5) is 11.4 Å². The number of para-hydroxylation sites is 2. The summed E-state index contributed by atoms with van der Waals surface area (Å²) in [4.78, 5) is 9.40. The molecule has 10 rings (SSSR count).